The molecule has 29 heavy (non-hydrogen) atoms. The molecule has 0 aromatic heterocycles. The smallest absolute Gasteiger partial charge is 0.224 e. The molecule has 1 atom stereocenters. The average molecular weight is 397 g/mol. The number of likely N-dealkylation sites (tertiary alicyclic amines) is 1. The van der Waals surface area contributed by atoms with Crippen molar-refractivity contribution in [3.63, 3.8) is 0 Å². The number of halogens is 1. The number of nitrogens with one attached hydrogen (secondary N) is 2. The molecule has 0 saturated carbocycles. The highest BCUT2D eigenvalue weighted by Gasteiger charge is 2.25. The van der Waals surface area contributed by atoms with Crippen LogP contribution in [0.25, 0.3) is 0 Å². The van der Waals surface area contributed by atoms with E-state index in [2.05, 4.69) is 15.5 Å². The van der Waals surface area contributed by atoms with Crippen molar-refractivity contribution in [2.75, 3.05) is 26.2 Å². The van der Waals surface area contributed by atoms with Crippen LogP contribution in [0.1, 0.15) is 24.0 Å². The molecule has 1 saturated heterocycles. The topological polar surface area (TPSA) is 61.4 Å². The summed E-state index contributed by atoms with van der Waals surface area (Å²) in [6.07, 6.45) is 2.14. The summed E-state index contributed by atoms with van der Waals surface area (Å²) < 4.78 is 13.4. The average Bonchev–Trinajstić information content (AvgIpc) is 2.72. The number of amides is 2. The van der Waals surface area contributed by atoms with E-state index >= 15 is 0 Å². The Hall–Kier alpha value is -2.73. The Morgan fingerprint density at radius 1 is 1.00 bits per heavy atom. The van der Waals surface area contributed by atoms with Gasteiger partial charge in [0.1, 0.15) is 5.82 Å². The standard InChI is InChI=1S/C23H28FN3O2/c24-21-10-4-8-19(14-21)16-27-13-5-9-20(17-27)23(29)26-12-11-25-22(28)15-18-6-2-1-3-7-18/h1-4,6-8,10,14,20H,5,9,11-13,15-17H2,(H,25,28)(H,26,29). The van der Waals surface area contributed by atoms with E-state index in [4.69, 9.17) is 0 Å². The molecular weight excluding hydrogens is 369 g/mol. The maximum absolute atomic E-state index is 13.4. The maximum atomic E-state index is 13.4. The van der Waals surface area contributed by atoms with Crippen LogP contribution in [0.15, 0.2) is 54.6 Å². The normalized spacial score (nSPS) is 16.9. The number of benzene rings is 2. The fourth-order valence-electron chi connectivity index (χ4n) is 3.68. The minimum atomic E-state index is -0.233. The van der Waals surface area contributed by atoms with Gasteiger partial charge in [0.15, 0.2) is 0 Å². The van der Waals surface area contributed by atoms with Crippen molar-refractivity contribution >= 4 is 11.8 Å². The summed E-state index contributed by atoms with van der Waals surface area (Å²) in [5.41, 5.74) is 1.89. The van der Waals surface area contributed by atoms with Crippen LogP contribution in [0.5, 0.6) is 0 Å². The number of hydrogen-bond donors (Lipinski definition) is 2. The molecular formula is C23H28FN3O2. The first-order valence-corrected chi connectivity index (χ1v) is 10.2. The van der Waals surface area contributed by atoms with Crippen LogP contribution in [0.4, 0.5) is 4.39 Å². The largest absolute Gasteiger partial charge is 0.354 e. The first-order chi connectivity index (χ1) is 14.1. The molecule has 2 N–H and O–H groups in total. The first-order valence-electron chi connectivity index (χ1n) is 10.2. The molecule has 0 aliphatic carbocycles. The summed E-state index contributed by atoms with van der Waals surface area (Å²) in [6, 6.07) is 16.2. The van der Waals surface area contributed by atoms with Gasteiger partial charge in [-0.2, -0.15) is 0 Å². The summed E-state index contributed by atoms with van der Waals surface area (Å²) in [4.78, 5) is 26.6. The molecule has 1 heterocycles. The minimum absolute atomic E-state index is 0.0197. The van der Waals surface area contributed by atoms with E-state index in [0.717, 1.165) is 30.5 Å². The van der Waals surface area contributed by atoms with Crippen LogP contribution in [0.3, 0.4) is 0 Å². The third-order valence-electron chi connectivity index (χ3n) is 5.13. The maximum Gasteiger partial charge on any atom is 0.224 e. The molecule has 2 amide bonds. The van der Waals surface area contributed by atoms with E-state index in [1.54, 1.807) is 12.1 Å². The first kappa shape index (κ1) is 21.0. The molecule has 6 heteroatoms. The second-order valence-electron chi connectivity index (χ2n) is 7.51. The highest BCUT2D eigenvalue weighted by Crippen LogP contribution is 2.19. The van der Waals surface area contributed by atoms with Gasteiger partial charge in [-0.25, -0.2) is 4.39 Å². The monoisotopic (exact) mass is 397 g/mol. The van der Waals surface area contributed by atoms with Gasteiger partial charge in [0.05, 0.1) is 12.3 Å². The van der Waals surface area contributed by atoms with Crippen molar-refractivity contribution in [1.82, 2.24) is 15.5 Å². The number of nitrogens with zero attached hydrogens (tertiary/aromatic N) is 1. The Balaban J connectivity index is 1.36. The molecule has 0 radical (unpaired) electrons. The molecule has 154 valence electrons. The summed E-state index contributed by atoms with van der Waals surface area (Å²) in [5, 5.41) is 5.76. The Labute approximate surface area is 171 Å². The third kappa shape index (κ3) is 6.98. The lowest BCUT2D eigenvalue weighted by atomic mass is 9.96. The number of carbonyl (C=O) groups excluding carboxylic acids is 2. The van der Waals surface area contributed by atoms with Crippen LogP contribution in [-0.4, -0.2) is 42.9 Å². The van der Waals surface area contributed by atoms with Gasteiger partial charge in [-0.15, -0.1) is 0 Å². The number of hydrogen-bond acceptors (Lipinski definition) is 3. The van der Waals surface area contributed by atoms with Gasteiger partial charge >= 0.3 is 0 Å². The van der Waals surface area contributed by atoms with E-state index in [-0.39, 0.29) is 23.5 Å². The summed E-state index contributed by atoms with van der Waals surface area (Å²) in [5.74, 6) is -0.337. The Morgan fingerprint density at radius 2 is 1.76 bits per heavy atom. The minimum Gasteiger partial charge on any atom is -0.354 e. The fraction of sp³-hybridized carbons (Fsp3) is 0.391. The molecule has 0 bridgehead atoms. The quantitative estimate of drug-likeness (QED) is 0.673. The lowest BCUT2D eigenvalue weighted by molar-refractivity contribution is -0.127. The summed E-state index contributed by atoms with van der Waals surface area (Å²) in [7, 11) is 0. The molecule has 2 aromatic carbocycles. The number of carbonyl (C=O) groups is 2. The molecule has 5 nitrogen and oxygen atoms in total. The second-order valence-corrected chi connectivity index (χ2v) is 7.51. The van der Waals surface area contributed by atoms with E-state index in [1.807, 2.05) is 36.4 Å². The fourth-order valence-corrected chi connectivity index (χ4v) is 3.68. The Morgan fingerprint density at radius 3 is 2.55 bits per heavy atom. The highest BCUT2D eigenvalue weighted by atomic mass is 19.1. The molecule has 2 aromatic rings. The molecule has 1 aliphatic heterocycles. The summed E-state index contributed by atoms with van der Waals surface area (Å²) in [6.45, 7) is 3.06. The molecule has 3 rings (SSSR count). The van der Waals surface area contributed by atoms with Gasteiger partial charge in [0.25, 0.3) is 0 Å². The van der Waals surface area contributed by atoms with Crippen molar-refractivity contribution in [3.05, 3.63) is 71.5 Å². The Bertz CT molecular complexity index is 813. The van der Waals surface area contributed by atoms with Crippen molar-refractivity contribution in [1.29, 1.82) is 0 Å². The number of piperidine rings is 1. The molecule has 1 unspecified atom stereocenters. The van der Waals surface area contributed by atoms with Crippen LogP contribution >= 0.6 is 0 Å². The molecule has 0 spiro atoms. The lowest BCUT2D eigenvalue weighted by Gasteiger charge is -2.32. The van der Waals surface area contributed by atoms with E-state index < -0.39 is 0 Å². The van der Waals surface area contributed by atoms with Gasteiger partial charge in [-0.1, -0.05) is 42.5 Å². The zero-order valence-electron chi connectivity index (χ0n) is 16.6. The van der Waals surface area contributed by atoms with Crippen molar-refractivity contribution in [3.8, 4) is 0 Å². The van der Waals surface area contributed by atoms with Crippen molar-refractivity contribution in [2.45, 2.75) is 25.8 Å². The van der Waals surface area contributed by atoms with Crippen LogP contribution in [-0.2, 0) is 22.6 Å². The summed E-state index contributed by atoms with van der Waals surface area (Å²) >= 11 is 0. The number of rotatable bonds is 8. The van der Waals surface area contributed by atoms with Crippen molar-refractivity contribution < 1.29 is 14.0 Å². The van der Waals surface area contributed by atoms with E-state index in [1.165, 1.54) is 6.07 Å². The van der Waals surface area contributed by atoms with E-state index in [0.29, 0.717) is 32.6 Å². The highest BCUT2D eigenvalue weighted by molar-refractivity contribution is 5.80. The van der Waals surface area contributed by atoms with Crippen molar-refractivity contribution in [2.24, 2.45) is 5.92 Å². The van der Waals surface area contributed by atoms with Gasteiger partial charge < -0.3 is 10.6 Å². The van der Waals surface area contributed by atoms with Crippen LogP contribution in [0, 0.1) is 11.7 Å². The molecule has 1 fully saturated rings. The molecule has 1 aliphatic rings. The van der Waals surface area contributed by atoms with Gasteiger partial charge in [-0.3, -0.25) is 14.5 Å². The third-order valence-corrected chi connectivity index (χ3v) is 5.13. The van der Waals surface area contributed by atoms with Gasteiger partial charge in [0, 0.05) is 26.2 Å². The van der Waals surface area contributed by atoms with E-state index in [9.17, 15) is 14.0 Å². The Kier molecular flexibility index (Phi) is 7.76. The predicted octanol–water partition coefficient (Wildman–Crippen LogP) is 2.51. The predicted molar refractivity (Wildman–Crippen MR) is 111 cm³/mol. The lowest BCUT2D eigenvalue weighted by Crippen LogP contribution is -2.44. The zero-order chi connectivity index (χ0) is 20.5. The zero-order valence-corrected chi connectivity index (χ0v) is 16.6. The SMILES string of the molecule is O=C(Cc1ccccc1)NCCNC(=O)C1CCCN(Cc2cccc(F)c2)C1. The van der Waals surface area contributed by atoms with Gasteiger partial charge in [-0.05, 0) is 42.6 Å². The van der Waals surface area contributed by atoms with Gasteiger partial charge in [0.2, 0.25) is 11.8 Å². The van der Waals surface area contributed by atoms with Crippen LogP contribution in [0.2, 0.25) is 0 Å². The van der Waals surface area contributed by atoms with Crippen LogP contribution < -0.4 is 10.6 Å². The second kappa shape index (κ2) is 10.7.